The van der Waals surface area contributed by atoms with Gasteiger partial charge in [-0.15, -0.1) is 0 Å². The summed E-state index contributed by atoms with van der Waals surface area (Å²) in [5, 5.41) is 2.99. The largest absolute Gasteiger partial charge is 0.496 e. The summed E-state index contributed by atoms with van der Waals surface area (Å²) in [4.78, 5) is 12.4. The van der Waals surface area contributed by atoms with Gasteiger partial charge in [0.05, 0.1) is 7.11 Å². The number of hydrogen-bond donors (Lipinski definition) is 1. The first-order chi connectivity index (χ1) is 12.5. The van der Waals surface area contributed by atoms with Crippen LogP contribution in [0.5, 0.6) is 11.5 Å². The van der Waals surface area contributed by atoms with E-state index in [2.05, 4.69) is 25.2 Å². The number of benzene rings is 2. The monoisotopic (exact) mass is 355 g/mol. The van der Waals surface area contributed by atoms with E-state index < -0.39 is 0 Å². The summed E-state index contributed by atoms with van der Waals surface area (Å²) in [7, 11) is 1.62. The van der Waals surface area contributed by atoms with E-state index in [1.54, 1.807) is 13.2 Å². The van der Waals surface area contributed by atoms with Crippen LogP contribution in [0.1, 0.15) is 61.5 Å². The maximum absolute atomic E-state index is 12.4. The predicted octanol–water partition coefficient (Wildman–Crippen LogP) is 4.93. The quantitative estimate of drug-likeness (QED) is 0.731. The summed E-state index contributed by atoms with van der Waals surface area (Å²) in [6.07, 6.45) is 0.893. The Kier molecular flexibility index (Phi) is 7.07. The van der Waals surface area contributed by atoms with Crippen molar-refractivity contribution in [3.05, 3.63) is 59.2 Å². The smallest absolute Gasteiger partial charge is 0.251 e. The summed E-state index contributed by atoms with van der Waals surface area (Å²) >= 11 is 0. The van der Waals surface area contributed by atoms with Crippen molar-refractivity contribution in [3.8, 4) is 11.5 Å². The number of hydrogen-bond acceptors (Lipinski definition) is 3. The Morgan fingerprint density at radius 2 is 1.81 bits per heavy atom. The molecule has 0 spiro atoms. The zero-order valence-corrected chi connectivity index (χ0v) is 16.3. The van der Waals surface area contributed by atoms with Crippen molar-refractivity contribution in [2.75, 3.05) is 7.11 Å². The third-order valence-corrected chi connectivity index (χ3v) is 4.46. The van der Waals surface area contributed by atoms with Crippen LogP contribution in [0, 0.1) is 0 Å². The minimum absolute atomic E-state index is 0.0779. The number of ether oxygens (including phenoxy) is 2. The first-order valence-electron chi connectivity index (χ1n) is 9.15. The fourth-order valence-electron chi connectivity index (χ4n) is 2.69. The van der Waals surface area contributed by atoms with Crippen LogP contribution in [0.2, 0.25) is 0 Å². The second-order valence-electron chi connectivity index (χ2n) is 6.79. The maximum Gasteiger partial charge on any atom is 0.251 e. The molecule has 0 aliphatic rings. The van der Waals surface area contributed by atoms with Gasteiger partial charge in [0.1, 0.15) is 18.1 Å². The molecule has 0 saturated carbocycles. The number of nitrogens with one attached hydrogen (secondary N) is 1. The van der Waals surface area contributed by atoms with E-state index in [-0.39, 0.29) is 11.9 Å². The SMILES string of the molecule is CC[C@@H](C)NC(=O)c1ccc(OC)c(COc2ccccc2C(C)C)c1. The number of amides is 1. The molecule has 2 rings (SSSR count). The molecule has 1 atom stereocenters. The van der Waals surface area contributed by atoms with E-state index in [1.807, 2.05) is 44.2 Å². The van der Waals surface area contributed by atoms with E-state index >= 15 is 0 Å². The Morgan fingerprint density at radius 1 is 1.08 bits per heavy atom. The van der Waals surface area contributed by atoms with E-state index in [0.29, 0.717) is 23.8 Å². The zero-order valence-electron chi connectivity index (χ0n) is 16.3. The molecular formula is C22H29NO3. The molecular weight excluding hydrogens is 326 g/mol. The van der Waals surface area contributed by atoms with Crippen molar-refractivity contribution >= 4 is 5.91 Å². The molecule has 0 saturated heterocycles. The highest BCUT2D eigenvalue weighted by Gasteiger charge is 2.13. The molecule has 4 heteroatoms. The molecule has 0 aliphatic heterocycles. The third-order valence-electron chi connectivity index (χ3n) is 4.46. The highest BCUT2D eigenvalue weighted by molar-refractivity contribution is 5.94. The van der Waals surface area contributed by atoms with Crippen LogP contribution >= 0.6 is 0 Å². The average Bonchev–Trinajstić information content (AvgIpc) is 2.65. The Hall–Kier alpha value is -2.49. The average molecular weight is 355 g/mol. The van der Waals surface area contributed by atoms with Crippen LogP contribution in [-0.2, 0) is 6.61 Å². The van der Waals surface area contributed by atoms with Gasteiger partial charge in [-0.2, -0.15) is 0 Å². The van der Waals surface area contributed by atoms with Gasteiger partial charge in [0.2, 0.25) is 0 Å². The van der Waals surface area contributed by atoms with E-state index in [1.165, 1.54) is 0 Å². The van der Waals surface area contributed by atoms with E-state index in [0.717, 1.165) is 23.3 Å². The fraction of sp³-hybridized carbons (Fsp3) is 0.409. The maximum atomic E-state index is 12.4. The lowest BCUT2D eigenvalue weighted by Crippen LogP contribution is -2.31. The molecule has 0 unspecified atom stereocenters. The minimum atomic E-state index is -0.0779. The van der Waals surface area contributed by atoms with Gasteiger partial charge in [0.15, 0.2) is 0 Å². The molecule has 0 heterocycles. The molecule has 4 nitrogen and oxygen atoms in total. The number of rotatable bonds is 8. The Labute approximate surface area is 156 Å². The lowest BCUT2D eigenvalue weighted by atomic mass is 10.0. The fourth-order valence-corrected chi connectivity index (χ4v) is 2.69. The third kappa shape index (κ3) is 5.01. The van der Waals surface area contributed by atoms with Crippen LogP contribution < -0.4 is 14.8 Å². The summed E-state index contributed by atoms with van der Waals surface area (Å²) in [6.45, 7) is 8.67. The first-order valence-corrected chi connectivity index (χ1v) is 9.15. The standard InChI is InChI=1S/C22H29NO3/c1-6-16(4)23-22(24)17-11-12-20(25-5)18(13-17)14-26-21-10-8-7-9-19(21)15(2)3/h7-13,15-16H,6,14H2,1-5H3,(H,23,24)/t16-/m1/s1. The molecule has 0 fully saturated rings. The Balaban J connectivity index is 2.20. The highest BCUT2D eigenvalue weighted by atomic mass is 16.5. The van der Waals surface area contributed by atoms with Crippen molar-refractivity contribution in [3.63, 3.8) is 0 Å². The second kappa shape index (κ2) is 9.27. The molecule has 2 aromatic carbocycles. The Bertz CT molecular complexity index is 740. The topological polar surface area (TPSA) is 47.6 Å². The van der Waals surface area contributed by atoms with Gasteiger partial charge in [0, 0.05) is 17.2 Å². The number of methoxy groups -OCH3 is 1. The van der Waals surface area contributed by atoms with Crippen LogP contribution in [0.4, 0.5) is 0 Å². The molecule has 1 amide bonds. The van der Waals surface area contributed by atoms with Gasteiger partial charge in [-0.1, -0.05) is 39.0 Å². The predicted molar refractivity (Wildman–Crippen MR) is 105 cm³/mol. The van der Waals surface area contributed by atoms with Gasteiger partial charge < -0.3 is 14.8 Å². The van der Waals surface area contributed by atoms with Gasteiger partial charge in [-0.25, -0.2) is 0 Å². The van der Waals surface area contributed by atoms with Crippen molar-refractivity contribution < 1.29 is 14.3 Å². The molecule has 0 bridgehead atoms. The molecule has 2 aromatic rings. The summed E-state index contributed by atoms with van der Waals surface area (Å²) in [5.41, 5.74) is 2.63. The molecule has 0 aromatic heterocycles. The van der Waals surface area contributed by atoms with E-state index in [9.17, 15) is 4.79 Å². The molecule has 0 radical (unpaired) electrons. The molecule has 26 heavy (non-hydrogen) atoms. The van der Waals surface area contributed by atoms with Crippen molar-refractivity contribution in [1.29, 1.82) is 0 Å². The van der Waals surface area contributed by atoms with Crippen molar-refractivity contribution in [2.45, 2.75) is 52.7 Å². The van der Waals surface area contributed by atoms with Crippen LogP contribution in [0.15, 0.2) is 42.5 Å². The number of carbonyl (C=O) groups excluding carboxylic acids is 1. The van der Waals surface area contributed by atoms with Gasteiger partial charge in [-0.3, -0.25) is 4.79 Å². The lowest BCUT2D eigenvalue weighted by Gasteiger charge is -2.16. The molecule has 0 aliphatic carbocycles. The van der Waals surface area contributed by atoms with Gasteiger partial charge in [-0.05, 0) is 49.1 Å². The van der Waals surface area contributed by atoms with E-state index in [4.69, 9.17) is 9.47 Å². The molecule has 140 valence electrons. The summed E-state index contributed by atoms with van der Waals surface area (Å²) in [6, 6.07) is 13.6. The van der Waals surface area contributed by atoms with Gasteiger partial charge >= 0.3 is 0 Å². The van der Waals surface area contributed by atoms with Crippen molar-refractivity contribution in [1.82, 2.24) is 5.32 Å². The highest BCUT2D eigenvalue weighted by Crippen LogP contribution is 2.28. The van der Waals surface area contributed by atoms with Gasteiger partial charge in [0.25, 0.3) is 5.91 Å². The van der Waals surface area contributed by atoms with Crippen molar-refractivity contribution in [2.24, 2.45) is 0 Å². The second-order valence-corrected chi connectivity index (χ2v) is 6.79. The van der Waals surface area contributed by atoms with Crippen LogP contribution in [0.25, 0.3) is 0 Å². The summed E-state index contributed by atoms with van der Waals surface area (Å²) in [5.74, 6) is 1.87. The number of carbonyl (C=O) groups is 1. The van der Waals surface area contributed by atoms with Crippen LogP contribution in [0.3, 0.4) is 0 Å². The first kappa shape index (κ1) is 19.8. The summed E-state index contributed by atoms with van der Waals surface area (Å²) < 4.78 is 11.5. The minimum Gasteiger partial charge on any atom is -0.496 e. The van der Waals surface area contributed by atoms with Crippen LogP contribution in [-0.4, -0.2) is 19.1 Å². The number of para-hydroxylation sites is 1. The Morgan fingerprint density at radius 3 is 2.46 bits per heavy atom. The normalized spacial score (nSPS) is 11.9. The zero-order chi connectivity index (χ0) is 19.1. The lowest BCUT2D eigenvalue weighted by molar-refractivity contribution is 0.0939. The molecule has 1 N–H and O–H groups in total.